The highest BCUT2D eigenvalue weighted by atomic mass is 79.9. The highest BCUT2D eigenvalue weighted by Gasteiger charge is 2.25. The standard InChI is InChI=1S/C24H29BrN4O2/c1-18(30)20-5-7-22(8-6-20)27-11-13-28(14-12-27)24(31)26-16-19-9-10-29(17-19)23-4-2-3-21(25)15-23/h2-8,15,19H,9-14,16-17H2,1H3,(H,26,31). The van der Waals surface area contributed by atoms with Crippen molar-refractivity contribution in [2.24, 2.45) is 5.92 Å². The molecule has 2 heterocycles. The lowest BCUT2D eigenvalue weighted by Gasteiger charge is -2.36. The summed E-state index contributed by atoms with van der Waals surface area (Å²) in [6.45, 7) is 7.30. The molecule has 7 heteroatoms. The summed E-state index contributed by atoms with van der Waals surface area (Å²) in [6, 6.07) is 16.1. The van der Waals surface area contributed by atoms with E-state index in [1.54, 1.807) is 6.92 Å². The molecule has 4 rings (SSSR count). The molecule has 2 fully saturated rings. The van der Waals surface area contributed by atoms with E-state index in [0.29, 0.717) is 19.0 Å². The molecule has 31 heavy (non-hydrogen) atoms. The summed E-state index contributed by atoms with van der Waals surface area (Å²) in [6.07, 6.45) is 1.09. The normalized spacial score (nSPS) is 18.9. The number of benzene rings is 2. The number of urea groups is 1. The molecule has 2 aromatic carbocycles. The van der Waals surface area contributed by atoms with Gasteiger partial charge >= 0.3 is 6.03 Å². The van der Waals surface area contributed by atoms with Crippen LogP contribution in [0, 0.1) is 5.92 Å². The maximum atomic E-state index is 12.7. The Labute approximate surface area is 192 Å². The molecule has 2 saturated heterocycles. The Kier molecular flexibility index (Phi) is 6.80. The third kappa shape index (κ3) is 5.39. The van der Waals surface area contributed by atoms with E-state index >= 15 is 0 Å². The van der Waals surface area contributed by atoms with E-state index < -0.39 is 0 Å². The minimum atomic E-state index is 0.0347. The molecule has 6 nitrogen and oxygen atoms in total. The first-order chi connectivity index (χ1) is 15.0. The van der Waals surface area contributed by atoms with Crippen LogP contribution in [0.25, 0.3) is 0 Å². The lowest BCUT2D eigenvalue weighted by molar-refractivity contribution is 0.101. The van der Waals surface area contributed by atoms with Crippen molar-refractivity contribution in [2.45, 2.75) is 13.3 Å². The first kappa shape index (κ1) is 21.7. The fraction of sp³-hybridized carbons (Fsp3) is 0.417. The van der Waals surface area contributed by atoms with Crippen LogP contribution in [0.15, 0.2) is 53.0 Å². The zero-order chi connectivity index (χ0) is 21.8. The highest BCUT2D eigenvalue weighted by Crippen LogP contribution is 2.26. The summed E-state index contributed by atoms with van der Waals surface area (Å²) in [5.74, 6) is 0.555. The number of nitrogens with one attached hydrogen (secondary N) is 1. The number of halogens is 1. The van der Waals surface area contributed by atoms with Crippen LogP contribution in [0.3, 0.4) is 0 Å². The Morgan fingerprint density at radius 1 is 0.968 bits per heavy atom. The second-order valence-electron chi connectivity index (χ2n) is 8.34. The molecule has 2 aliphatic heterocycles. The number of ketones is 1. The van der Waals surface area contributed by atoms with Crippen LogP contribution in [0.1, 0.15) is 23.7 Å². The molecule has 1 N–H and O–H groups in total. The van der Waals surface area contributed by atoms with Gasteiger partial charge in [-0.1, -0.05) is 22.0 Å². The van der Waals surface area contributed by atoms with E-state index in [-0.39, 0.29) is 11.8 Å². The van der Waals surface area contributed by atoms with Gasteiger partial charge in [0.2, 0.25) is 0 Å². The van der Waals surface area contributed by atoms with Gasteiger partial charge in [-0.05, 0) is 61.7 Å². The average Bonchev–Trinajstić information content (AvgIpc) is 3.27. The van der Waals surface area contributed by atoms with Gasteiger partial charge in [-0.15, -0.1) is 0 Å². The number of hydrogen-bond acceptors (Lipinski definition) is 4. The zero-order valence-electron chi connectivity index (χ0n) is 17.9. The zero-order valence-corrected chi connectivity index (χ0v) is 19.5. The number of amides is 2. The van der Waals surface area contributed by atoms with Gasteiger partial charge in [-0.25, -0.2) is 4.79 Å². The van der Waals surface area contributed by atoms with E-state index in [2.05, 4.69) is 49.2 Å². The van der Waals surface area contributed by atoms with Gasteiger partial charge < -0.3 is 20.0 Å². The molecule has 2 aliphatic rings. The Balaban J connectivity index is 1.21. The van der Waals surface area contributed by atoms with Crippen molar-refractivity contribution < 1.29 is 9.59 Å². The molecular formula is C24H29BrN4O2. The second kappa shape index (κ2) is 9.73. The van der Waals surface area contributed by atoms with Crippen LogP contribution in [0.4, 0.5) is 16.2 Å². The monoisotopic (exact) mass is 484 g/mol. The molecule has 0 bridgehead atoms. The predicted octanol–water partition coefficient (Wildman–Crippen LogP) is 4.01. The maximum absolute atomic E-state index is 12.7. The number of piperazine rings is 1. The Bertz CT molecular complexity index is 925. The smallest absolute Gasteiger partial charge is 0.317 e. The summed E-state index contributed by atoms with van der Waals surface area (Å²) < 4.78 is 1.09. The van der Waals surface area contributed by atoms with Crippen LogP contribution >= 0.6 is 15.9 Å². The fourth-order valence-corrected chi connectivity index (χ4v) is 4.71. The van der Waals surface area contributed by atoms with Gasteiger partial charge in [-0.2, -0.15) is 0 Å². The summed E-state index contributed by atoms with van der Waals surface area (Å²) in [5, 5.41) is 3.15. The number of carbonyl (C=O) groups is 2. The summed E-state index contributed by atoms with van der Waals surface area (Å²) in [5.41, 5.74) is 3.06. The lowest BCUT2D eigenvalue weighted by Crippen LogP contribution is -2.52. The SMILES string of the molecule is CC(=O)c1ccc(N2CCN(C(=O)NCC3CCN(c4cccc(Br)c4)C3)CC2)cc1. The molecular weight excluding hydrogens is 456 g/mol. The van der Waals surface area contributed by atoms with Crippen LogP contribution < -0.4 is 15.1 Å². The number of hydrogen-bond donors (Lipinski definition) is 1. The van der Waals surface area contributed by atoms with E-state index in [0.717, 1.165) is 54.9 Å². The third-order valence-electron chi connectivity index (χ3n) is 6.21. The van der Waals surface area contributed by atoms with Gasteiger partial charge in [0.1, 0.15) is 0 Å². The van der Waals surface area contributed by atoms with Crippen molar-refractivity contribution in [3.8, 4) is 0 Å². The van der Waals surface area contributed by atoms with Crippen molar-refractivity contribution in [1.82, 2.24) is 10.2 Å². The highest BCUT2D eigenvalue weighted by molar-refractivity contribution is 9.10. The molecule has 1 atom stereocenters. The molecule has 0 spiro atoms. The largest absolute Gasteiger partial charge is 0.371 e. The summed E-state index contributed by atoms with van der Waals surface area (Å²) >= 11 is 3.54. The minimum Gasteiger partial charge on any atom is -0.371 e. The molecule has 2 amide bonds. The van der Waals surface area contributed by atoms with Crippen molar-refractivity contribution in [2.75, 3.05) is 55.6 Å². The Morgan fingerprint density at radius 3 is 2.39 bits per heavy atom. The number of Topliss-reactive ketones (excluding diaryl/α,β-unsaturated/α-hetero) is 1. The predicted molar refractivity (Wildman–Crippen MR) is 128 cm³/mol. The van der Waals surface area contributed by atoms with Crippen molar-refractivity contribution >= 4 is 39.1 Å². The third-order valence-corrected chi connectivity index (χ3v) is 6.70. The van der Waals surface area contributed by atoms with Gasteiger partial charge in [0.15, 0.2) is 5.78 Å². The first-order valence-corrected chi connectivity index (χ1v) is 11.7. The molecule has 2 aromatic rings. The van der Waals surface area contributed by atoms with Crippen LogP contribution in [0.2, 0.25) is 0 Å². The minimum absolute atomic E-state index is 0.0347. The van der Waals surface area contributed by atoms with Crippen molar-refractivity contribution in [1.29, 1.82) is 0 Å². The molecule has 1 unspecified atom stereocenters. The lowest BCUT2D eigenvalue weighted by atomic mass is 10.1. The van der Waals surface area contributed by atoms with Crippen LogP contribution in [0.5, 0.6) is 0 Å². The summed E-state index contributed by atoms with van der Waals surface area (Å²) in [7, 11) is 0. The number of anilines is 2. The number of carbonyl (C=O) groups excluding carboxylic acids is 2. The number of rotatable bonds is 5. The van der Waals surface area contributed by atoms with Gasteiger partial charge in [0, 0.05) is 67.2 Å². The van der Waals surface area contributed by atoms with Crippen LogP contribution in [-0.4, -0.2) is 62.5 Å². The van der Waals surface area contributed by atoms with Gasteiger partial charge in [-0.3, -0.25) is 4.79 Å². The quantitative estimate of drug-likeness (QED) is 0.651. The number of nitrogens with zero attached hydrogens (tertiary/aromatic N) is 3. The Morgan fingerprint density at radius 2 is 1.71 bits per heavy atom. The van der Waals surface area contributed by atoms with Gasteiger partial charge in [0.25, 0.3) is 0 Å². The van der Waals surface area contributed by atoms with Crippen molar-refractivity contribution in [3.05, 3.63) is 58.6 Å². The second-order valence-corrected chi connectivity index (χ2v) is 9.26. The fourth-order valence-electron chi connectivity index (χ4n) is 4.32. The molecule has 0 aliphatic carbocycles. The topological polar surface area (TPSA) is 55.9 Å². The Hall–Kier alpha value is -2.54. The van der Waals surface area contributed by atoms with Crippen LogP contribution in [-0.2, 0) is 0 Å². The van der Waals surface area contributed by atoms with E-state index in [9.17, 15) is 9.59 Å². The summed E-state index contributed by atoms with van der Waals surface area (Å²) in [4.78, 5) is 30.7. The molecule has 0 saturated carbocycles. The van der Waals surface area contributed by atoms with Crippen molar-refractivity contribution in [3.63, 3.8) is 0 Å². The van der Waals surface area contributed by atoms with E-state index in [1.807, 2.05) is 35.2 Å². The molecule has 0 radical (unpaired) electrons. The van der Waals surface area contributed by atoms with E-state index in [4.69, 9.17) is 0 Å². The average molecular weight is 485 g/mol. The first-order valence-electron chi connectivity index (χ1n) is 10.9. The van der Waals surface area contributed by atoms with Gasteiger partial charge in [0.05, 0.1) is 0 Å². The maximum Gasteiger partial charge on any atom is 0.317 e. The molecule has 164 valence electrons. The van der Waals surface area contributed by atoms with E-state index in [1.165, 1.54) is 5.69 Å². The molecule has 0 aromatic heterocycles.